The predicted molar refractivity (Wildman–Crippen MR) is 52.6 cm³/mol. The Morgan fingerprint density at radius 3 is 2.38 bits per heavy atom. The smallest absolute Gasteiger partial charge is 0.0776 e. The molecule has 1 aromatic rings. The highest BCUT2D eigenvalue weighted by molar-refractivity contribution is 5.18. The van der Waals surface area contributed by atoms with Crippen LogP contribution in [0.2, 0.25) is 0 Å². The molecule has 2 N–H and O–H groups in total. The maximum absolute atomic E-state index is 9.24. The van der Waals surface area contributed by atoms with Crippen LogP contribution in [-0.2, 0) is 0 Å². The average molecular weight is 180 g/mol. The van der Waals surface area contributed by atoms with Crippen molar-refractivity contribution in [2.45, 2.75) is 25.4 Å². The molecule has 0 aliphatic carbocycles. The number of rotatable bonds is 4. The first-order valence-corrected chi connectivity index (χ1v) is 4.58. The number of hydrogen-bond donors (Lipinski definition) is 2. The fraction of sp³-hybridized carbons (Fsp3) is 0.455. The molecule has 1 aromatic carbocycles. The molecule has 0 aromatic heterocycles. The number of aliphatic hydroxyl groups is 2. The van der Waals surface area contributed by atoms with Crippen molar-refractivity contribution in [1.82, 2.24) is 0 Å². The first kappa shape index (κ1) is 10.2. The van der Waals surface area contributed by atoms with Crippen molar-refractivity contribution in [2.24, 2.45) is 0 Å². The normalized spacial score (nSPS) is 15.3. The molecule has 0 saturated carbocycles. The molecule has 0 amide bonds. The summed E-state index contributed by atoms with van der Waals surface area (Å²) in [4.78, 5) is 0. The van der Waals surface area contributed by atoms with Crippen LogP contribution in [0.25, 0.3) is 0 Å². The summed E-state index contributed by atoms with van der Waals surface area (Å²) in [5.74, 6) is 0.295. The van der Waals surface area contributed by atoms with Crippen molar-refractivity contribution in [3.63, 3.8) is 0 Å². The average Bonchev–Trinajstić information content (AvgIpc) is 2.19. The molecule has 0 radical (unpaired) electrons. The van der Waals surface area contributed by atoms with Crippen LogP contribution in [0.3, 0.4) is 0 Å². The van der Waals surface area contributed by atoms with Gasteiger partial charge in [0.05, 0.1) is 12.7 Å². The molecule has 1 rings (SSSR count). The van der Waals surface area contributed by atoms with E-state index >= 15 is 0 Å². The second kappa shape index (κ2) is 5.00. The Balaban J connectivity index is 2.53. The Kier molecular flexibility index (Phi) is 3.93. The van der Waals surface area contributed by atoms with Crippen LogP contribution in [-0.4, -0.2) is 22.9 Å². The molecule has 13 heavy (non-hydrogen) atoms. The Morgan fingerprint density at radius 2 is 1.85 bits per heavy atom. The highest BCUT2D eigenvalue weighted by atomic mass is 16.3. The van der Waals surface area contributed by atoms with E-state index in [1.165, 1.54) is 5.56 Å². The molecule has 0 bridgehead atoms. The van der Waals surface area contributed by atoms with Gasteiger partial charge >= 0.3 is 0 Å². The van der Waals surface area contributed by atoms with Gasteiger partial charge in [-0.3, -0.25) is 0 Å². The van der Waals surface area contributed by atoms with Crippen LogP contribution in [0.15, 0.2) is 30.3 Å². The predicted octanol–water partition coefficient (Wildman–Crippen LogP) is 1.53. The van der Waals surface area contributed by atoms with Crippen molar-refractivity contribution >= 4 is 0 Å². The van der Waals surface area contributed by atoms with Crippen LogP contribution in [0, 0.1) is 0 Å². The number of aliphatic hydroxyl groups excluding tert-OH is 2. The second-order valence-corrected chi connectivity index (χ2v) is 3.38. The minimum Gasteiger partial charge on any atom is -0.394 e. The zero-order valence-electron chi connectivity index (χ0n) is 7.85. The summed E-state index contributed by atoms with van der Waals surface area (Å²) in [7, 11) is 0. The van der Waals surface area contributed by atoms with Crippen LogP contribution in [0.4, 0.5) is 0 Å². The van der Waals surface area contributed by atoms with Crippen molar-refractivity contribution < 1.29 is 10.2 Å². The van der Waals surface area contributed by atoms with Gasteiger partial charge in [-0.25, -0.2) is 0 Å². The molecule has 2 nitrogen and oxygen atoms in total. The van der Waals surface area contributed by atoms with Gasteiger partial charge in [0.25, 0.3) is 0 Å². The summed E-state index contributed by atoms with van der Waals surface area (Å²) in [5, 5.41) is 17.9. The van der Waals surface area contributed by atoms with Crippen LogP contribution in [0.5, 0.6) is 0 Å². The third kappa shape index (κ3) is 3.17. The van der Waals surface area contributed by atoms with E-state index in [4.69, 9.17) is 5.11 Å². The van der Waals surface area contributed by atoms with E-state index < -0.39 is 6.10 Å². The Hall–Kier alpha value is -0.860. The lowest BCUT2D eigenvalue weighted by Crippen LogP contribution is -2.14. The van der Waals surface area contributed by atoms with Gasteiger partial charge in [-0.05, 0) is 17.9 Å². The minimum absolute atomic E-state index is 0.156. The van der Waals surface area contributed by atoms with Gasteiger partial charge < -0.3 is 10.2 Å². The van der Waals surface area contributed by atoms with E-state index in [9.17, 15) is 5.11 Å². The molecular formula is C11H16O2. The standard InChI is InChI=1S/C11H16O2/c1-9(7-11(13)8-12)10-5-3-2-4-6-10/h2-6,9,11-13H,7-8H2,1H3/t9?,11-/m0/s1. The molecule has 0 spiro atoms. The molecule has 0 fully saturated rings. The largest absolute Gasteiger partial charge is 0.394 e. The highest BCUT2D eigenvalue weighted by Crippen LogP contribution is 2.19. The van der Waals surface area contributed by atoms with Gasteiger partial charge in [-0.15, -0.1) is 0 Å². The van der Waals surface area contributed by atoms with Crippen molar-refractivity contribution in [3.8, 4) is 0 Å². The summed E-state index contributed by atoms with van der Waals surface area (Å²) < 4.78 is 0. The van der Waals surface area contributed by atoms with Crippen LogP contribution >= 0.6 is 0 Å². The first-order valence-electron chi connectivity index (χ1n) is 4.58. The van der Waals surface area contributed by atoms with Crippen LogP contribution < -0.4 is 0 Å². The lowest BCUT2D eigenvalue weighted by atomic mass is 9.95. The molecule has 0 heterocycles. The maximum Gasteiger partial charge on any atom is 0.0776 e. The molecule has 2 heteroatoms. The third-order valence-electron chi connectivity index (χ3n) is 2.20. The van der Waals surface area contributed by atoms with Crippen molar-refractivity contribution in [3.05, 3.63) is 35.9 Å². The van der Waals surface area contributed by atoms with Gasteiger partial charge in [-0.1, -0.05) is 37.3 Å². The Bertz CT molecular complexity index is 233. The van der Waals surface area contributed by atoms with E-state index in [2.05, 4.69) is 0 Å². The topological polar surface area (TPSA) is 40.5 Å². The summed E-state index contributed by atoms with van der Waals surface area (Å²) in [5.41, 5.74) is 1.20. The lowest BCUT2D eigenvalue weighted by molar-refractivity contribution is 0.0835. The zero-order chi connectivity index (χ0) is 9.68. The van der Waals surface area contributed by atoms with Gasteiger partial charge in [0.1, 0.15) is 0 Å². The van der Waals surface area contributed by atoms with Crippen molar-refractivity contribution in [2.75, 3.05) is 6.61 Å². The second-order valence-electron chi connectivity index (χ2n) is 3.38. The molecule has 0 aliphatic rings. The Labute approximate surface area is 78.8 Å². The molecule has 2 atom stereocenters. The fourth-order valence-corrected chi connectivity index (χ4v) is 1.40. The van der Waals surface area contributed by atoms with E-state index in [1.54, 1.807) is 0 Å². The van der Waals surface area contributed by atoms with Crippen LogP contribution in [0.1, 0.15) is 24.8 Å². The molecule has 0 aliphatic heterocycles. The van der Waals surface area contributed by atoms with Gasteiger partial charge in [0, 0.05) is 0 Å². The lowest BCUT2D eigenvalue weighted by Gasteiger charge is -2.14. The maximum atomic E-state index is 9.24. The van der Waals surface area contributed by atoms with E-state index in [-0.39, 0.29) is 6.61 Å². The van der Waals surface area contributed by atoms with Gasteiger partial charge in [0.2, 0.25) is 0 Å². The van der Waals surface area contributed by atoms with E-state index in [0.29, 0.717) is 12.3 Å². The Morgan fingerprint density at radius 1 is 1.23 bits per heavy atom. The summed E-state index contributed by atoms with van der Waals surface area (Å²) in [6, 6.07) is 10.0. The van der Waals surface area contributed by atoms with E-state index in [1.807, 2.05) is 37.3 Å². The summed E-state index contributed by atoms with van der Waals surface area (Å²) in [6.07, 6.45) is 0.00996. The van der Waals surface area contributed by atoms with Gasteiger partial charge in [0.15, 0.2) is 0 Å². The molecule has 0 saturated heterocycles. The summed E-state index contributed by atoms with van der Waals surface area (Å²) in [6.45, 7) is 1.89. The third-order valence-corrected chi connectivity index (χ3v) is 2.20. The molecular weight excluding hydrogens is 164 g/mol. The van der Waals surface area contributed by atoms with Crippen molar-refractivity contribution in [1.29, 1.82) is 0 Å². The molecule has 72 valence electrons. The first-order chi connectivity index (χ1) is 6.24. The SMILES string of the molecule is CC(C[C@H](O)CO)c1ccccc1. The van der Waals surface area contributed by atoms with Gasteiger partial charge in [-0.2, -0.15) is 0 Å². The molecule has 1 unspecified atom stereocenters. The number of benzene rings is 1. The highest BCUT2D eigenvalue weighted by Gasteiger charge is 2.10. The van der Waals surface area contributed by atoms with E-state index in [0.717, 1.165) is 0 Å². The number of hydrogen-bond acceptors (Lipinski definition) is 2. The fourth-order valence-electron chi connectivity index (χ4n) is 1.40. The minimum atomic E-state index is -0.602. The zero-order valence-corrected chi connectivity index (χ0v) is 7.85. The quantitative estimate of drug-likeness (QED) is 0.737. The summed E-state index contributed by atoms with van der Waals surface area (Å²) >= 11 is 0. The monoisotopic (exact) mass is 180 g/mol.